The molecule has 12 heteroatoms. The Bertz CT molecular complexity index is 1080. The van der Waals surface area contributed by atoms with Crippen LogP contribution in [0.5, 0.6) is 11.5 Å². The highest BCUT2D eigenvalue weighted by atomic mass is 32.2. The van der Waals surface area contributed by atoms with E-state index in [4.69, 9.17) is 13.9 Å². The van der Waals surface area contributed by atoms with Crippen molar-refractivity contribution in [2.75, 3.05) is 12.4 Å². The number of ether oxygens (including phenoxy) is 2. The van der Waals surface area contributed by atoms with Crippen LogP contribution < -0.4 is 20.2 Å². The first-order valence-corrected chi connectivity index (χ1v) is 11.7. The van der Waals surface area contributed by atoms with Crippen LogP contribution in [0.1, 0.15) is 44.6 Å². The average Bonchev–Trinajstić information content (AvgIpc) is 3.39. The SMILES string of the molecule is CC1CCC2(CC1)NC(=O)N(NC(=O)CSc1nnc([C@@H]3COc4ccccc4O3)o1)C2=O. The highest BCUT2D eigenvalue weighted by Crippen LogP contribution is 2.37. The van der Waals surface area contributed by atoms with Gasteiger partial charge in [-0.05, 0) is 43.7 Å². The van der Waals surface area contributed by atoms with E-state index in [0.29, 0.717) is 30.3 Å². The molecule has 0 radical (unpaired) electrons. The van der Waals surface area contributed by atoms with Crippen molar-refractivity contribution in [2.24, 2.45) is 5.92 Å². The molecular formula is C21H23N5O6S. The number of imide groups is 1. The van der Waals surface area contributed by atoms with Crippen LogP contribution in [0, 0.1) is 5.92 Å². The quantitative estimate of drug-likeness (QED) is 0.495. The van der Waals surface area contributed by atoms with Gasteiger partial charge >= 0.3 is 6.03 Å². The number of fused-ring (bicyclic) bond motifs is 1. The Hall–Kier alpha value is -3.28. The summed E-state index contributed by atoms with van der Waals surface area (Å²) < 4.78 is 17.1. The van der Waals surface area contributed by atoms with Gasteiger partial charge in [0.05, 0.1) is 5.75 Å². The van der Waals surface area contributed by atoms with Gasteiger partial charge < -0.3 is 19.2 Å². The summed E-state index contributed by atoms with van der Waals surface area (Å²) in [4.78, 5) is 37.5. The number of benzene rings is 1. The van der Waals surface area contributed by atoms with E-state index in [1.165, 1.54) is 0 Å². The fourth-order valence-corrected chi connectivity index (χ4v) is 4.71. The summed E-state index contributed by atoms with van der Waals surface area (Å²) >= 11 is 0.994. The van der Waals surface area contributed by atoms with Gasteiger partial charge in [0.1, 0.15) is 12.1 Å². The van der Waals surface area contributed by atoms with Crippen molar-refractivity contribution in [3.63, 3.8) is 0 Å². The van der Waals surface area contributed by atoms with Gasteiger partial charge in [0, 0.05) is 0 Å². The van der Waals surface area contributed by atoms with E-state index in [0.717, 1.165) is 29.6 Å². The van der Waals surface area contributed by atoms with E-state index in [9.17, 15) is 14.4 Å². The first kappa shape index (κ1) is 21.6. The van der Waals surface area contributed by atoms with Crippen LogP contribution in [0.3, 0.4) is 0 Å². The van der Waals surface area contributed by atoms with Crippen molar-refractivity contribution in [1.82, 2.24) is 25.9 Å². The van der Waals surface area contributed by atoms with Crippen LogP contribution in [-0.4, -0.2) is 51.0 Å². The Labute approximate surface area is 193 Å². The van der Waals surface area contributed by atoms with Crippen molar-refractivity contribution in [3.8, 4) is 11.5 Å². The number of aromatic nitrogens is 2. The van der Waals surface area contributed by atoms with Gasteiger partial charge in [-0.3, -0.25) is 15.0 Å². The lowest BCUT2D eigenvalue weighted by Gasteiger charge is -2.33. The number of hydrogen-bond donors (Lipinski definition) is 2. The number of para-hydroxylation sites is 2. The van der Waals surface area contributed by atoms with Crippen molar-refractivity contribution in [2.45, 2.75) is 49.5 Å². The maximum Gasteiger partial charge on any atom is 0.344 e. The summed E-state index contributed by atoms with van der Waals surface area (Å²) in [5.74, 6) is 0.912. The minimum absolute atomic E-state index is 0.117. The molecule has 2 fully saturated rings. The number of hydrazine groups is 1. The topological polar surface area (TPSA) is 136 Å². The van der Waals surface area contributed by atoms with Gasteiger partial charge in [0.25, 0.3) is 17.0 Å². The lowest BCUT2D eigenvalue weighted by molar-refractivity contribution is -0.139. The molecule has 5 rings (SSSR count). The molecule has 4 amide bonds. The number of thioether (sulfide) groups is 1. The molecule has 11 nitrogen and oxygen atoms in total. The summed E-state index contributed by atoms with van der Waals surface area (Å²) in [5.41, 5.74) is 1.48. The zero-order valence-corrected chi connectivity index (χ0v) is 18.7. The standard InChI is InChI=1S/C21H23N5O6S/c1-12-6-8-21(9-7-12)18(28)26(19(29)22-21)25-16(27)11-33-20-24-23-17(32-20)15-10-30-13-4-2-3-5-14(13)31-15/h2-5,12,15H,6-11H2,1H3,(H,22,29)(H,25,27)/t12?,15-,21?/m0/s1. The van der Waals surface area contributed by atoms with Crippen LogP contribution >= 0.6 is 11.8 Å². The Balaban J connectivity index is 1.14. The molecule has 2 N–H and O–H groups in total. The number of urea groups is 1. The number of nitrogens with one attached hydrogen (secondary N) is 2. The fraction of sp³-hybridized carbons (Fsp3) is 0.476. The zero-order valence-electron chi connectivity index (χ0n) is 17.9. The summed E-state index contributed by atoms with van der Waals surface area (Å²) in [7, 11) is 0. The number of hydrogen-bond acceptors (Lipinski definition) is 9. The second-order valence-corrected chi connectivity index (χ2v) is 9.36. The Morgan fingerprint density at radius 1 is 1.24 bits per heavy atom. The molecule has 1 aromatic heterocycles. The highest BCUT2D eigenvalue weighted by molar-refractivity contribution is 7.99. The number of carbonyl (C=O) groups is 3. The summed E-state index contributed by atoms with van der Waals surface area (Å²) in [6, 6.07) is 6.67. The van der Waals surface area contributed by atoms with Gasteiger partial charge in [-0.15, -0.1) is 10.2 Å². The first-order valence-electron chi connectivity index (χ1n) is 10.7. The highest BCUT2D eigenvalue weighted by Gasteiger charge is 2.52. The van der Waals surface area contributed by atoms with E-state index >= 15 is 0 Å². The molecule has 1 aromatic carbocycles. The van der Waals surface area contributed by atoms with Crippen LogP contribution in [0.25, 0.3) is 0 Å². The molecular weight excluding hydrogens is 450 g/mol. The Morgan fingerprint density at radius 3 is 2.79 bits per heavy atom. The van der Waals surface area contributed by atoms with Crippen molar-refractivity contribution < 1.29 is 28.3 Å². The third-order valence-corrected chi connectivity index (χ3v) is 6.88. The van der Waals surface area contributed by atoms with Crippen molar-refractivity contribution >= 4 is 29.6 Å². The second kappa shape index (κ2) is 8.58. The summed E-state index contributed by atoms with van der Waals surface area (Å²) in [6.45, 7) is 2.34. The third-order valence-electron chi connectivity index (χ3n) is 6.06. The predicted molar refractivity (Wildman–Crippen MR) is 114 cm³/mol. The smallest absolute Gasteiger partial charge is 0.344 e. The minimum atomic E-state index is -0.911. The molecule has 3 heterocycles. The van der Waals surface area contributed by atoms with E-state index in [1.807, 2.05) is 12.1 Å². The third kappa shape index (κ3) is 4.22. The molecule has 1 saturated heterocycles. The molecule has 1 saturated carbocycles. The van der Waals surface area contributed by atoms with E-state index < -0.39 is 29.5 Å². The number of amides is 4. The van der Waals surface area contributed by atoms with Crippen LogP contribution in [0.4, 0.5) is 4.79 Å². The molecule has 2 aliphatic heterocycles. The van der Waals surface area contributed by atoms with Gasteiger partial charge in [-0.25, -0.2) is 4.79 Å². The van der Waals surface area contributed by atoms with E-state index in [-0.39, 0.29) is 23.5 Å². The lowest BCUT2D eigenvalue weighted by Crippen LogP contribution is -2.51. The number of nitrogens with zero attached hydrogens (tertiary/aromatic N) is 3. The maximum atomic E-state index is 12.8. The van der Waals surface area contributed by atoms with Gasteiger partial charge in [-0.1, -0.05) is 30.8 Å². The Morgan fingerprint density at radius 2 is 2.00 bits per heavy atom. The monoisotopic (exact) mass is 473 g/mol. The molecule has 0 unspecified atom stereocenters. The summed E-state index contributed by atoms with van der Waals surface area (Å²) in [5, 5.41) is 11.6. The van der Waals surface area contributed by atoms with Gasteiger partial charge in [0.15, 0.2) is 11.5 Å². The predicted octanol–water partition coefficient (Wildman–Crippen LogP) is 2.21. The van der Waals surface area contributed by atoms with E-state index in [2.05, 4.69) is 27.9 Å². The van der Waals surface area contributed by atoms with Gasteiger partial charge in [0.2, 0.25) is 12.0 Å². The van der Waals surface area contributed by atoms with Crippen molar-refractivity contribution in [3.05, 3.63) is 30.2 Å². The largest absolute Gasteiger partial charge is 0.485 e. The number of rotatable bonds is 5. The second-order valence-electron chi connectivity index (χ2n) is 8.43. The molecule has 33 heavy (non-hydrogen) atoms. The molecule has 1 aliphatic carbocycles. The molecule has 2 aromatic rings. The average molecular weight is 474 g/mol. The van der Waals surface area contributed by atoms with Crippen molar-refractivity contribution in [1.29, 1.82) is 0 Å². The molecule has 1 atom stereocenters. The van der Waals surface area contributed by atoms with Crippen LogP contribution in [-0.2, 0) is 9.59 Å². The maximum absolute atomic E-state index is 12.8. The zero-order chi connectivity index (χ0) is 23.0. The van der Waals surface area contributed by atoms with Gasteiger partial charge in [-0.2, -0.15) is 5.01 Å². The first-order chi connectivity index (χ1) is 15.9. The summed E-state index contributed by atoms with van der Waals surface area (Å²) in [6.07, 6.45) is 2.29. The Kier molecular flexibility index (Phi) is 5.60. The molecule has 174 valence electrons. The number of carbonyl (C=O) groups excluding carboxylic acids is 3. The molecule has 0 bridgehead atoms. The molecule has 1 spiro atoms. The minimum Gasteiger partial charge on any atom is -0.485 e. The normalized spacial score (nSPS) is 26.4. The lowest BCUT2D eigenvalue weighted by atomic mass is 9.77. The van der Waals surface area contributed by atoms with Crippen LogP contribution in [0.2, 0.25) is 0 Å². The van der Waals surface area contributed by atoms with Crippen LogP contribution in [0.15, 0.2) is 33.9 Å². The van der Waals surface area contributed by atoms with E-state index in [1.54, 1.807) is 12.1 Å². The molecule has 3 aliphatic rings. The fourth-order valence-electron chi connectivity index (χ4n) is 4.15.